The molecule has 43 heavy (non-hydrogen) atoms. The summed E-state index contributed by atoms with van der Waals surface area (Å²) in [6.07, 6.45) is 10.3. The average molecular weight is 610 g/mol. The van der Waals surface area contributed by atoms with E-state index in [-0.39, 0.29) is 24.5 Å². The lowest BCUT2D eigenvalue weighted by Gasteiger charge is -2.32. The van der Waals surface area contributed by atoms with Crippen LogP contribution in [0.1, 0.15) is 56.5 Å². The van der Waals surface area contributed by atoms with Gasteiger partial charge in [-0.05, 0) is 75.7 Å². The predicted octanol–water partition coefficient (Wildman–Crippen LogP) is 4.99. The monoisotopic (exact) mass is 609 g/mol. The van der Waals surface area contributed by atoms with Crippen LogP contribution < -0.4 is 11.1 Å². The molecule has 3 N–H and O–H groups in total. The van der Waals surface area contributed by atoms with Gasteiger partial charge in [0.15, 0.2) is 0 Å². The number of piperazine rings is 1. The largest absolute Gasteiger partial charge is 0.447 e. The van der Waals surface area contributed by atoms with Crippen LogP contribution in [0.4, 0.5) is 4.79 Å². The number of hydrogen-bond donors (Lipinski definition) is 2. The number of likely N-dealkylation sites (N-methyl/N-ethyl adjacent to an activating group) is 1. The Bertz CT molecular complexity index is 1330. The van der Waals surface area contributed by atoms with Crippen molar-refractivity contribution in [1.82, 2.24) is 24.7 Å². The Morgan fingerprint density at radius 1 is 1.23 bits per heavy atom. The molecule has 1 saturated heterocycles. The standard InChI is InChI=1S/C21H21ClN4O.C9H18N2O2.C2H5N/c1-3-14-4-5-15-6-7-16(22)11-17(15)18(10-14)21(25-20(27)8-9-23)19-12-24-13-26(19)2;1-8(2)13-9(12)11-6-4-10(3)5-7-11;1-2-3/h3,6-7,10-13,21H,4-5,8H2,1-2H3,(H,25,27);8H,4-7H2,1-3H3;2H,1,3H2/b14-3+;;/t21-;;/m1../s1. The Morgan fingerprint density at radius 3 is 2.47 bits per heavy atom. The molecule has 2 aliphatic rings. The van der Waals surface area contributed by atoms with Gasteiger partial charge in [0, 0.05) is 38.2 Å². The molecule has 10 nitrogen and oxygen atoms in total. The molecule has 2 aromatic rings. The van der Waals surface area contributed by atoms with Crippen LogP contribution in [0.15, 0.2) is 61.2 Å². The first-order valence-corrected chi connectivity index (χ1v) is 14.7. The van der Waals surface area contributed by atoms with Gasteiger partial charge in [0.05, 0.1) is 36.4 Å². The van der Waals surface area contributed by atoms with Crippen molar-refractivity contribution in [3.05, 3.63) is 83.1 Å². The van der Waals surface area contributed by atoms with Crippen LogP contribution in [0.3, 0.4) is 0 Å². The van der Waals surface area contributed by atoms with Crippen molar-refractivity contribution < 1.29 is 14.3 Å². The molecular formula is C32H44ClN7O3. The van der Waals surface area contributed by atoms with Crippen LogP contribution in [0.2, 0.25) is 5.02 Å². The number of amides is 2. The minimum atomic E-state index is -0.427. The molecule has 0 unspecified atom stereocenters. The van der Waals surface area contributed by atoms with Crippen molar-refractivity contribution in [3.8, 4) is 6.07 Å². The first-order valence-electron chi connectivity index (χ1n) is 14.3. The number of benzene rings is 1. The van der Waals surface area contributed by atoms with Crippen molar-refractivity contribution in [2.45, 2.75) is 52.2 Å². The SMILES string of the molecule is C/C=C1/C=C([C@@H](NC(=O)CC#N)c2cncn2C)c2cc(Cl)ccc2CC1.C=CN.CC(C)OC(=O)N1CCN(C)CC1. The molecule has 0 saturated carbocycles. The minimum absolute atomic E-state index is 0.0212. The molecule has 2 amide bonds. The van der Waals surface area contributed by atoms with Gasteiger partial charge in [-0.2, -0.15) is 5.26 Å². The summed E-state index contributed by atoms with van der Waals surface area (Å²) >= 11 is 6.29. The molecule has 1 aromatic heterocycles. The molecule has 0 bridgehead atoms. The first-order chi connectivity index (χ1) is 20.5. The summed E-state index contributed by atoms with van der Waals surface area (Å²) in [5.74, 6) is -0.320. The second kappa shape index (κ2) is 17.8. The zero-order valence-electron chi connectivity index (χ0n) is 25.8. The third kappa shape index (κ3) is 10.9. The Morgan fingerprint density at radius 2 is 1.91 bits per heavy atom. The van der Waals surface area contributed by atoms with Gasteiger partial charge >= 0.3 is 6.09 Å². The number of carbonyl (C=O) groups is 2. The maximum Gasteiger partial charge on any atom is 0.410 e. The number of hydrogen-bond acceptors (Lipinski definition) is 7. The highest BCUT2D eigenvalue weighted by atomic mass is 35.5. The topological polar surface area (TPSA) is 130 Å². The Labute approximate surface area is 260 Å². The molecule has 1 atom stereocenters. The second-order valence-corrected chi connectivity index (χ2v) is 10.9. The molecule has 0 spiro atoms. The Kier molecular flexibility index (Phi) is 14.5. The number of rotatable bonds is 5. The van der Waals surface area contributed by atoms with Gasteiger partial charge in [-0.25, -0.2) is 9.78 Å². The van der Waals surface area contributed by atoms with Crippen LogP contribution >= 0.6 is 11.6 Å². The number of halogens is 1. The van der Waals surface area contributed by atoms with Crippen molar-refractivity contribution in [2.75, 3.05) is 33.2 Å². The molecule has 4 rings (SSSR count). The lowest BCUT2D eigenvalue weighted by molar-refractivity contribution is -0.120. The summed E-state index contributed by atoms with van der Waals surface area (Å²) in [7, 11) is 3.95. The van der Waals surface area contributed by atoms with E-state index in [4.69, 9.17) is 21.6 Å². The maximum absolute atomic E-state index is 12.3. The third-order valence-corrected chi connectivity index (χ3v) is 7.12. The zero-order valence-corrected chi connectivity index (χ0v) is 26.6. The average Bonchev–Trinajstić information content (AvgIpc) is 3.30. The Hall–Kier alpha value is -4.07. The molecule has 1 fully saturated rings. The van der Waals surface area contributed by atoms with E-state index >= 15 is 0 Å². The highest BCUT2D eigenvalue weighted by Crippen LogP contribution is 2.37. The molecule has 1 aliphatic heterocycles. The number of nitrogens with zero attached hydrogens (tertiary/aromatic N) is 5. The predicted molar refractivity (Wildman–Crippen MR) is 171 cm³/mol. The van der Waals surface area contributed by atoms with E-state index in [1.807, 2.05) is 56.7 Å². The molecule has 2 heterocycles. The van der Waals surface area contributed by atoms with Gasteiger partial charge < -0.3 is 30.2 Å². The van der Waals surface area contributed by atoms with Gasteiger partial charge in [-0.1, -0.05) is 42.0 Å². The summed E-state index contributed by atoms with van der Waals surface area (Å²) in [4.78, 5) is 31.9. The van der Waals surface area contributed by atoms with E-state index in [1.165, 1.54) is 17.3 Å². The van der Waals surface area contributed by atoms with E-state index in [0.29, 0.717) is 5.02 Å². The van der Waals surface area contributed by atoms with E-state index in [2.05, 4.69) is 46.7 Å². The van der Waals surface area contributed by atoms with Gasteiger partial charge in [-0.3, -0.25) is 4.79 Å². The lowest BCUT2D eigenvalue weighted by atomic mass is 9.92. The Balaban J connectivity index is 0.000000337. The van der Waals surface area contributed by atoms with Crippen LogP contribution in [-0.2, 0) is 23.0 Å². The normalized spacial score (nSPS) is 16.2. The van der Waals surface area contributed by atoms with Gasteiger partial charge in [0.2, 0.25) is 5.91 Å². The summed E-state index contributed by atoms with van der Waals surface area (Å²) in [5.41, 5.74) is 9.80. The van der Waals surface area contributed by atoms with Gasteiger partial charge in [0.1, 0.15) is 6.42 Å². The van der Waals surface area contributed by atoms with Crippen LogP contribution in [0, 0.1) is 11.3 Å². The van der Waals surface area contributed by atoms with Crippen LogP contribution in [0.25, 0.3) is 5.57 Å². The fraction of sp³-hybridized carbons (Fsp3) is 0.438. The molecule has 232 valence electrons. The summed E-state index contributed by atoms with van der Waals surface area (Å²) in [6, 6.07) is 7.37. The quantitative estimate of drug-likeness (QED) is 0.488. The van der Waals surface area contributed by atoms with Gasteiger partial charge in [0.25, 0.3) is 0 Å². The van der Waals surface area contributed by atoms with Crippen molar-refractivity contribution >= 4 is 29.2 Å². The zero-order chi connectivity index (χ0) is 31.9. The fourth-order valence-corrected chi connectivity index (χ4v) is 4.81. The third-order valence-electron chi connectivity index (χ3n) is 6.88. The smallest absolute Gasteiger partial charge is 0.410 e. The number of imidazole rings is 1. The second-order valence-electron chi connectivity index (χ2n) is 10.5. The summed E-state index contributed by atoms with van der Waals surface area (Å²) in [5, 5.41) is 12.5. The maximum atomic E-state index is 12.3. The molecule has 1 aliphatic carbocycles. The summed E-state index contributed by atoms with van der Waals surface area (Å²) in [6.45, 7) is 12.3. The lowest BCUT2D eigenvalue weighted by Crippen LogP contribution is -2.47. The number of ether oxygens (including phenoxy) is 1. The van der Waals surface area contributed by atoms with Crippen molar-refractivity contribution in [3.63, 3.8) is 0 Å². The molecule has 0 radical (unpaired) electrons. The van der Waals surface area contributed by atoms with Crippen molar-refractivity contribution in [2.24, 2.45) is 12.8 Å². The number of carbonyl (C=O) groups excluding carboxylic acids is 2. The fourth-order valence-electron chi connectivity index (χ4n) is 4.64. The highest BCUT2D eigenvalue weighted by Gasteiger charge is 2.26. The molecule has 1 aromatic carbocycles. The minimum Gasteiger partial charge on any atom is -0.447 e. The number of fused-ring (bicyclic) bond motifs is 1. The van der Waals surface area contributed by atoms with Crippen LogP contribution in [-0.4, -0.2) is 70.7 Å². The number of aryl methyl sites for hydroxylation is 2. The summed E-state index contributed by atoms with van der Waals surface area (Å²) < 4.78 is 6.97. The van der Waals surface area contributed by atoms with E-state index in [1.54, 1.807) is 17.4 Å². The van der Waals surface area contributed by atoms with Crippen LogP contribution in [0.5, 0.6) is 0 Å². The van der Waals surface area contributed by atoms with E-state index < -0.39 is 6.04 Å². The van der Waals surface area contributed by atoms with E-state index in [9.17, 15) is 9.59 Å². The number of nitrogens with two attached hydrogens (primary N) is 1. The van der Waals surface area contributed by atoms with Crippen molar-refractivity contribution in [1.29, 1.82) is 5.26 Å². The highest BCUT2D eigenvalue weighted by molar-refractivity contribution is 6.30. The first kappa shape index (κ1) is 35.1. The number of allylic oxidation sites excluding steroid dienone is 3. The van der Waals surface area contributed by atoms with Gasteiger partial charge in [-0.15, -0.1) is 0 Å². The number of nitriles is 1. The molecule has 11 heteroatoms. The number of aromatic nitrogens is 2. The molecular weight excluding hydrogens is 566 g/mol. The van der Waals surface area contributed by atoms with E-state index in [0.717, 1.165) is 55.9 Å². The number of nitrogens with one attached hydrogen (secondary N) is 1.